The first-order valence-electron chi connectivity index (χ1n) is 17.5. The second kappa shape index (κ2) is 10.5. The number of ether oxygens (including phenoxy) is 1. The Morgan fingerprint density at radius 2 is 1.27 bits per heavy atom. The number of hydrogen-bond acceptors (Lipinski definition) is 4. The highest BCUT2D eigenvalue weighted by Gasteiger charge is 2.46. The van der Waals surface area contributed by atoms with Gasteiger partial charge in [-0.2, -0.15) is 0 Å². The molecule has 0 aliphatic carbocycles. The van der Waals surface area contributed by atoms with Crippen molar-refractivity contribution in [1.29, 1.82) is 0 Å². The van der Waals surface area contributed by atoms with Gasteiger partial charge in [0.1, 0.15) is 11.3 Å². The summed E-state index contributed by atoms with van der Waals surface area (Å²) in [6.07, 6.45) is 0. The maximum Gasteiger partial charge on any atom is 0.252 e. The van der Waals surface area contributed by atoms with Gasteiger partial charge in [-0.25, -0.2) is 0 Å². The quantitative estimate of drug-likeness (QED) is 0.177. The fraction of sp³-hybridized carbons (Fsp3) is 0.0435. The average Bonchev–Trinajstić information content (AvgIpc) is 3.61. The van der Waals surface area contributed by atoms with Crippen molar-refractivity contribution in [3.63, 3.8) is 0 Å². The van der Waals surface area contributed by atoms with Gasteiger partial charge in [-0.3, -0.25) is 0 Å². The van der Waals surface area contributed by atoms with Crippen LogP contribution in [0, 0.1) is 13.8 Å². The second-order valence-electron chi connectivity index (χ2n) is 13.9. The van der Waals surface area contributed by atoms with Gasteiger partial charge in [0.05, 0.1) is 11.4 Å². The Labute approximate surface area is 296 Å². The molecule has 0 unspecified atom stereocenters. The third kappa shape index (κ3) is 4.09. The van der Waals surface area contributed by atoms with Gasteiger partial charge in [0, 0.05) is 33.7 Å². The minimum atomic E-state index is -0.0398. The average molecular weight is 655 g/mol. The molecule has 0 spiro atoms. The van der Waals surface area contributed by atoms with Crippen molar-refractivity contribution in [1.82, 2.24) is 0 Å². The zero-order valence-corrected chi connectivity index (χ0v) is 28.2. The summed E-state index contributed by atoms with van der Waals surface area (Å²) in [5.74, 6) is 2.59. The van der Waals surface area contributed by atoms with Crippen LogP contribution in [0.1, 0.15) is 11.1 Å². The third-order valence-electron chi connectivity index (χ3n) is 10.9. The summed E-state index contributed by atoms with van der Waals surface area (Å²) in [4.78, 5) is 4.92. The monoisotopic (exact) mass is 654 g/mol. The molecule has 0 N–H and O–H groups in total. The molecular formula is C46H31BN2O2. The minimum absolute atomic E-state index is 0.0398. The molecule has 11 rings (SSSR count). The molecule has 0 saturated heterocycles. The molecule has 3 aliphatic heterocycles. The molecule has 0 atom stereocenters. The van der Waals surface area contributed by atoms with Gasteiger partial charge in [0.15, 0.2) is 11.5 Å². The van der Waals surface area contributed by atoms with E-state index in [1.54, 1.807) is 0 Å². The van der Waals surface area contributed by atoms with Crippen LogP contribution in [-0.2, 0) is 0 Å². The molecule has 1 aromatic heterocycles. The molecule has 240 valence electrons. The zero-order valence-electron chi connectivity index (χ0n) is 28.2. The van der Waals surface area contributed by atoms with E-state index in [0.29, 0.717) is 0 Å². The van der Waals surface area contributed by atoms with Crippen LogP contribution in [0.25, 0.3) is 33.4 Å². The normalized spacial score (nSPS) is 13.3. The summed E-state index contributed by atoms with van der Waals surface area (Å²) in [5, 5.41) is 1.10. The maximum absolute atomic E-state index is 6.66. The highest BCUT2D eigenvalue weighted by atomic mass is 16.5. The molecule has 0 bridgehead atoms. The SMILES string of the molecule is Cc1ccc(N2c3ccc(-c4cc5ccccc5o4)cc3B3c4cccc5c4N(c4ccccc4O5)c4cc(-c5ccccc5)cc2c43)cc1C. The Morgan fingerprint density at radius 3 is 2.14 bits per heavy atom. The standard InChI is InChI=1S/C46H31BN2O2/c1-28-19-21-34(23-29(28)2)48-37-22-20-32(44-27-31-13-6-8-16-41(31)50-44)24-36(37)47-35-14-10-18-43-46(35)49(38-15-7-9-17-42(38)51-43)40-26-33(25-39(48)45(40)47)30-11-4-3-5-12-30/h3-27H,1-2H3. The summed E-state index contributed by atoms with van der Waals surface area (Å²) in [6.45, 7) is 4.35. The predicted octanol–water partition coefficient (Wildman–Crippen LogP) is 10.6. The van der Waals surface area contributed by atoms with E-state index in [4.69, 9.17) is 9.15 Å². The van der Waals surface area contributed by atoms with Crippen molar-refractivity contribution >= 4 is 68.2 Å². The highest BCUT2D eigenvalue weighted by Crippen LogP contribution is 2.53. The molecule has 0 amide bonds. The lowest BCUT2D eigenvalue weighted by Crippen LogP contribution is -2.61. The molecular weight excluding hydrogens is 623 g/mol. The van der Waals surface area contributed by atoms with Crippen molar-refractivity contribution < 1.29 is 9.15 Å². The number of para-hydroxylation sites is 4. The number of nitrogens with zero attached hydrogens (tertiary/aromatic N) is 2. The maximum atomic E-state index is 6.66. The molecule has 0 fully saturated rings. The smallest absolute Gasteiger partial charge is 0.252 e. The number of furan rings is 1. The van der Waals surface area contributed by atoms with Crippen molar-refractivity contribution in [2.75, 3.05) is 9.80 Å². The number of fused-ring (bicyclic) bond motifs is 7. The Balaban J connectivity index is 1.25. The summed E-state index contributed by atoms with van der Waals surface area (Å²) in [5.41, 5.74) is 17.4. The van der Waals surface area contributed by atoms with Crippen molar-refractivity contribution in [3.05, 3.63) is 163 Å². The topological polar surface area (TPSA) is 28.9 Å². The number of aryl methyl sites for hydroxylation is 2. The molecule has 4 heterocycles. The van der Waals surface area contributed by atoms with E-state index in [0.717, 1.165) is 56.5 Å². The first-order valence-corrected chi connectivity index (χ1v) is 17.5. The zero-order chi connectivity index (χ0) is 33.8. The molecule has 3 aliphatic rings. The van der Waals surface area contributed by atoms with E-state index in [1.165, 1.54) is 50.0 Å². The fourth-order valence-electron chi connectivity index (χ4n) is 8.42. The lowest BCUT2D eigenvalue weighted by Gasteiger charge is -2.46. The van der Waals surface area contributed by atoms with E-state index >= 15 is 0 Å². The van der Waals surface area contributed by atoms with E-state index < -0.39 is 0 Å². The van der Waals surface area contributed by atoms with E-state index in [1.807, 2.05) is 18.2 Å². The Bertz CT molecular complexity index is 2700. The Hall–Kier alpha value is -6.46. The molecule has 8 aromatic rings. The molecule has 0 radical (unpaired) electrons. The van der Waals surface area contributed by atoms with Gasteiger partial charge in [-0.15, -0.1) is 0 Å². The number of anilines is 6. The summed E-state index contributed by atoms with van der Waals surface area (Å²) < 4.78 is 13.1. The van der Waals surface area contributed by atoms with Crippen LogP contribution in [0.15, 0.2) is 156 Å². The van der Waals surface area contributed by atoms with Gasteiger partial charge in [-0.05, 0) is 119 Å². The van der Waals surface area contributed by atoms with Crippen LogP contribution in [0.5, 0.6) is 11.5 Å². The minimum Gasteiger partial charge on any atom is -0.456 e. The summed E-state index contributed by atoms with van der Waals surface area (Å²) >= 11 is 0. The van der Waals surface area contributed by atoms with Crippen LogP contribution in [0.2, 0.25) is 0 Å². The number of rotatable bonds is 3. The van der Waals surface area contributed by atoms with Crippen molar-refractivity contribution in [2.45, 2.75) is 13.8 Å². The van der Waals surface area contributed by atoms with E-state index in [2.05, 4.69) is 157 Å². The predicted molar refractivity (Wildman–Crippen MR) is 211 cm³/mol. The first kappa shape index (κ1) is 28.4. The molecule has 0 saturated carbocycles. The molecule has 5 heteroatoms. The van der Waals surface area contributed by atoms with Crippen molar-refractivity contribution in [3.8, 4) is 33.9 Å². The third-order valence-corrected chi connectivity index (χ3v) is 10.9. The van der Waals surface area contributed by atoms with Gasteiger partial charge in [0.2, 0.25) is 0 Å². The van der Waals surface area contributed by atoms with Gasteiger partial charge in [0.25, 0.3) is 6.71 Å². The van der Waals surface area contributed by atoms with Gasteiger partial charge in [-0.1, -0.05) is 84.9 Å². The van der Waals surface area contributed by atoms with E-state index in [-0.39, 0.29) is 6.71 Å². The van der Waals surface area contributed by atoms with Crippen LogP contribution in [0.3, 0.4) is 0 Å². The molecule has 51 heavy (non-hydrogen) atoms. The van der Waals surface area contributed by atoms with Crippen molar-refractivity contribution in [2.24, 2.45) is 0 Å². The van der Waals surface area contributed by atoms with Crippen LogP contribution < -0.4 is 30.9 Å². The van der Waals surface area contributed by atoms with Crippen LogP contribution in [0.4, 0.5) is 34.1 Å². The van der Waals surface area contributed by atoms with Gasteiger partial charge < -0.3 is 19.0 Å². The molecule has 4 nitrogen and oxygen atoms in total. The largest absolute Gasteiger partial charge is 0.456 e. The fourth-order valence-corrected chi connectivity index (χ4v) is 8.42. The Morgan fingerprint density at radius 1 is 0.490 bits per heavy atom. The van der Waals surface area contributed by atoms with E-state index in [9.17, 15) is 0 Å². The number of benzene rings is 7. The summed E-state index contributed by atoms with van der Waals surface area (Å²) in [7, 11) is 0. The Kier molecular flexibility index (Phi) is 5.86. The van der Waals surface area contributed by atoms with Gasteiger partial charge >= 0.3 is 0 Å². The number of hydrogen-bond donors (Lipinski definition) is 0. The highest BCUT2D eigenvalue weighted by molar-refractivity contribution is 7.00. The second-order valence-corrected chi connectivity index (χ2v) is 13.9. The summed E-state index contributed by atoms with van der Waals surface area (Å²) in [6, 6.07) is 54.5. The lowest BCUT2D eigenvalue weighted by atomic mass is 9.33. The first-order chi connectivity index (χ1) is 25.1. The lowest BCUT2D eigenvalue weighted by molar-refractivity contribution is 0.477. The molecule has 7 aromatic carbocycles. The van der Waals surface area contributed by atoms with Crippen LogP contribution in [-0.4, -0.2) is 6.71 Å². The van der Waals surface area contributed by atoms with Crippen LogP contribution >= 0.6 is 0 Å².